The number of nitrogens with one attached hydrogen (secondary N) is 2. The highest BCUT2D eigenvalue weighted by molar-refractivity contribution is 7.89. The van der Waals surface area contributed by atoms with Crippen LogP contribution in [0.2, 0.25) is 0 Å². The average molecular weight is 507 g/mol. The number of nitrogens with zero attached hydrogens (tertiary/aromatic N) is 1. The van der Waals surface area contributed by atoms with E-state index in [-0.39, 0.29) is 16.3 Å². The number of hydrogen-bond donors (Lipinski definition) is 2. The molecular weight excluding hydrogens is 487 g/mol. The molecule has 35 heavy (non-hydrogen) atoms. The summed E-state index contributed by atoms with van der Waals surface area (Å²) in [7, 11) is -1.74. The monoisotopic (exact) mass is 507 g/mol. The Labute approximate surface area is 199 Å². The molecule has 0 fully saturated rings. The lowest BCUT2D eigenvalue weighted by atomic mass is 10.1. The molecule has 0 heterocycles. The number of hydrazone groups is 1. The maximum absolute atomic E-state index is 15.0. The van der Waals surface area contributed by atoms with E-state index < -0.39 is 50.3 Å². The van der Waals surface area contributed by atoms with Crippen LogP contribution in [0, 0.1) is 24.4 Å². The molecule has 0 bridgehead atoms. The van der Waals surface area contributed by atoms with Crippen LogP contribution in [0.3, 0.4) is 0 Å². The van der Waals surface area contributed by atoms with E-state index >= 15 is 0 Å². The molecule has 3 rings (SSSR count). The molecule has 8 nitrogen and oxygen atoms in total. The van der Waals surface area contributed by atoms with Gasteiger partial charge in [-0.05, 0) is 37.3 Å². The highest BCUT2D eigenvalue weighted by Gasteiger charge is 2.24. The van der Waals surface area contributed by atoms with Gasteiger partial charge in [-0.15, -0.1) is 0 Å². The second kappa shape index (κ2) is 10.5. The topological polar surface area (TPSA) is 106 Å². The van der Waals surface area contributed by atoms with E-state index in [2.05, 4.69) is 15.2 Å². The van der Waals surface area contributed by atoms with Gasteiger partial charge in [0.25, 0.3) is 10.0 Å². The molecule has 184 valence electrons. The van der Waals surface area contributed by atoms with Crippen molar-refractivity contribution in [2.24, 2.45) is 5.10 Å². The lowest BCUT2D eigenvalue weighted by Crippen LogP contribution is -2.18. The number of carbonyl (C=O) groups is 1. The fourth-order valence-electron chi connectivity index (χ4n) is 2.93. The van der Waals surface area contributed by atoms with Gasteiger partial charge >= 0.3 is 5.97 Å². The minimum absolute atomic E-state index is 0.0942. The van der Waals surface area contributed by atoms with Crippen LogP contribution < -0.4 is 14.9 Å². The quantitative estimate of drug-likeness (QED) is 0.268. The van der Waals surface area contributed by atoms with Gasteiger partial charge in [0.1, 0.15) is 11.6 Å². The van der Waals surface area contributed by atoms with Crippen molar-refractivity contribution in [1.82, 2.24) is 4.83 Å². The van der Waals surface area contributed by atoms with Crippen molar-refractivity contribution < 1.29 is 35.9 Å². The number of sulfonamides is 1. The van der Waals surface area contributed by atoms with Crippen LogP contribution in [0.4, 0.5) is 24.5 Å². The van der Waals surface area contributed by atoms with E-state index in [1.165, 1.54) is 31.4 Å². The molecule has 0 atom stereocenters. The first-order valence-corrected chi connectivity index (χ1v) is 11.4. The molecular formula is C23H20F3N3O5S. The highest BCUT2D eigenvalue weighted by Crippen LogP contribution is 2.31. The van der Waals surface area contributed by atoms with Crippen LogP contribution in [-0.2, 0) is 14.8 Å². The van der Waals surface area contributed by atoms with Crippen molar-refractivity contribution in [3.05, 3.63) is 82.7 Å². The number of benzene rings is 3. The zero-order valence-corrected chi connectivity index (χ0v) is 19.5. The first-order chi connectivity index (χ1) is 16.6. The van der Waals surface area contributed by atoms with Crippen LogP contribution >= 0.6 is 0 Å². The van der Waals surface area contributed by atoms with E-state index in [9.17, 15) is 26.4 Å². The lowest BCUT2D eigenvalue weighted by Gasteiger charge is -2.15. The van der Waals surface area contributed by atoms with Gasteiger partial charge in [0, 0.05) is 11.6 Å². The van der Waals surface area contributed by atoms with Crippen molar-refractivity contribution in [3.63, 3.8) is 0 Å². The second-order valence-electron chi connectivity index (χ2n) is 7.14. The number of methoxy groups -OCH3 is 2. The minimum Gasteiger partial charge on any atom is -0.497 e. The summed E-state index contributed by atoms with van der Waals surface area (Å²) in [6, 6.07) is 10.3. The number of halogens is 3. The van der Waals surface area contributed by atoms with Gasteiger partial charge in [-0.25, -0.2) is 22.8 Å². The van der Waals surface area contributed by atoms with Crippen molar-refractivity contribution in [3.8, 4) is 5.75 Å². The normalized spacial score (nSPS) is 11.4. The summed E-state index contributed by atoms with van der Waals surface area (Å²) in [5, 5.41) is 5.82. The Hall–Kier alpha value is -4.06. The standard InChI is InChI=1S/C23H20F3N3O5S/c1-13-4-7-16(8-5-13)35(31,32)29-27-12-14-10-17(23(30)34-3)22(21(26)20(14)25)28-19-9-6-15(33-2)11-18(19)24/h4-12,28-29H,1-3H3/b27-12+. The molecule has 0 spiro atoms. The highest BCUT2D eigenvalue weighted by atomic mass is 32.2. The number of esters is 1. The number of ether oxygens (including phenoxy) is 2. The van der Waals surface area contributed by atoms with E-state index in [0.717, 1.165) is 24.8 Å². The number of carbonyl (C=O) groups excluding carboxylic acids is 1. The number of anilines is 2. The fourth-order valence-corrected chi connectivity index (χ4v) is 3.72. The van der Waals surface area contributed by atoms with E-state index in [1.54, 1.807) is 19.1 Å². The summed E-state index contributed by atoms with van der Waals surface area (Å²) in [6.07, 6.45) is 0.689. The predicted octanol–water partition coefficient (Wildman–Crippen LogP) is 4.26. The molecule has 12 heteroatoms. The van der Waals surface area contributed by atoms with Crippen LogP contribution in [0.25, 0.3) is 0 Å². The number of aryl methyl sites for hydroxylation is 1. The van der Waals surface area contributed by atoms with Gasteiger partial charge in [-0.2, -0.15) is 13.5 Å². The number of hydrogen-bond acceptors (Lipinski definition) is 7. The molecule has 0 aliphatic rings. The molecule has 0 aromatic heterocycles. The van der Waals surface area contributed by atoms with Crippen LogP contribution in [0.5, 0.6) is 5.75 Å². The third-order valence-electron chi connectivity index (χ3n) is 4.78. The molecule has 2 N–H and O–H groups in total. The fraction of sp³-hybridized carbons (Fsp3) is 0.130. The van der Waals surface area contributed by atoms with E-state index in [4.69, 9.17) is 4.74 Å². The maximum atomic E-state index is 15.0. The van der Waals surface area contributed by atoms with Gasteiger partial charge in [-0.1, -0.05) is 17.7 Å². The van der Waals surface area contributed by atoms with Crippen LogP contribution in [0.15, 0.2) is 58.5 Å². The Morgan fingerprint density at radius 1 is 1.00 bits per heavy atom. The van der Waals surface area contributed by atoms with Crippen molar-refractivity contribution >= 4 is 33.6 Å². The van der Waals surface area contributed by atoms with Crippen LogP contribution in [0.1, 0.15) is 21.5 Å². The molecule has 0 amide bonds. The van der Waals surface area contributed by atoms with Crippen molar-refractivity contribution in [2.75, 3.05) is 19.5 Å². The Morgan fingerprint density at radius 2 is 1.69 bits per heavy atom. The first kappa shape index (κ1) is 25.6. The van der Waals surface area contributed by atoms with Gasteiger partial charge in [0.15, 0.2) is 11.6 Å². The predicted molar refractivity (Wildman–Crippen MR) is 123 cm³/mol. The third-order valence-corrected chi connectivity index (χ3v) is 6.02. The molecule has 0 aliphatic carbocycles. The van der Waals surface area contributed by atoms with Crippen LogP contribution in [-0.4, -0.2) is 34.8 Å². The zero-order chi connectivity index (χ0) is 25.8. The Balaban J connectivity index is 1.96. The molecule has 0 saturated carbocycles. The summed E-state index contributed by atoms with van der Waals surface area (Å²) in [4.78, 5) is 14.0. The molecule has 3 aromatic carbocycles. The third kappa shape index (κ3) is 5.72. The van der Waals surface area contributed by atoms with Gasteiger partial charge in [-0.3, -0.25) is 0 Å². The van der Waals surface area contributed by atoms with Crippen molar-refractivity contribution in [1.29, 1.82) is 0 Å². The smallest absolute Gasteiger partial charge is 0.340 e. The maximum Gasteiger partial charge on any atom is 0.340 e. The molecule has 0 radical (unpaired) electrons. The molecule has 0 saturated heterocycles. The van der Waals surface area contributed by atoms with Gasteiger partial charge < -0.3 is 14.8 Å². The average Bonchev–Trinajstić information content (AvgIpc) is 2.84. The molecule has 3 aromatic rings. The van der Waals surface area contributed by atoms with E-state index in [1.807, 2.05) is 4.83 Å². The molecule has 0 aliphatic heterocycles. The molecule has 0 unspecified atom stereocenters. The van der Waals surface area contributed by atoms with Gasteiger partial charge in [0.2, 0.25) is 0 Å². The summed E-state index contributed by atoms with van der Waals surface area (Å²) < 4.78 is 78.2. The summed E-state index contributed by atoms with van der Waals surface area (Å²) in [6.45, 7) is 1.78. The van der Waals surface area contributed by atoms with Gasteiger partial charge in [0.05, 0.1) is 42.3 Å². The van der Waals surface area contributed by atoms with Crippen molar-refractivity contribution in [2.45, 2.75) is 11.8 Å². The first-order valence-electron chi connectivity index (χ1n) is 9.89. The summed E-state index contributed by atoms with van der Waals surface area (Å²) in [5.74, 6) is -4.72. The largest absolute Gasteiger partial charge is 0.497 e. The second-order valence-corrected chi connectivity index (χ2v) is 8.81. The summed E-state index contributed by atoms with van der Waals surface area (Å²) >= 11 is 0. The Bertz CT molecular complexity index is 1390. The zero-order valence-electron chi connectivity index (χ0n) is 18.7. The number of rotatable bonds is 8. The van der Waals surface area contributed by atoms with E-state index in [0.29, 0.717) is 6.21 Å². The SMILES string of the molecule is COC(=O)c1cc(/C=N/NS(=O)(=O)c2ccc(C)cc2)c(F)c(F)c1Nc1ccc(OC)cc1F. The lowest BCUT2D eigenvalue weighted by molar-refractivity contribution is 0.0601. The minimum atomic E-state index is -4.08. The Kier molecular flexibility index (Phi) is 7.65. The Morgan fingerprint density at radius 3 is 2.29 bits per heavy atom. The summed E-state index contributed by atoms with van der Waals surface area (Å²) in [5.41, 5.74) is -1.15.